The number of nitrogens with zero attached hydrogens (tertiary/aromatic N) is 2. The highest BCUT2D eigenvalue weighted by atomic mass is 35.5. The zero-order valence-corrected chi connectivity index (χ0v) is 12.8. The maximum atomic E-state index is 10.3. The van der Waals surface area contributed by atoms with Crippen molar-refractivity contribution < 1.29 is 5.11 Å². The minimum absolute atomic E-state index is 0.276. The first-order valence-electron chi connectivity index (χ1n) is 6.56. The van der Waals surface area contributed by atoms with Crippen molar-refractivity contribution in [2.24, 2.45) is 4.99 Å². The summed E-state index contributed by atoms with van der Waals surface area (Å²) in [5, 5.41) is 10.5. The lowest BCUT2D eigenvalue weighted by Gasteiger charge is -2.15. The van der Waals surface area contributed by atoms with Crippen LogP contribution in [-0.2, 0) is 0 Å². The fourth-order valence-corrected chi connectivity index (χ4v) is 2.37. The number of aliphatic hydroxyl groups is 1. The molecule has 0 aliphatic heterocycles. The van der Waals surface area contributed by atoms with Crippen LogP contribution in [0.15, 0.2) is 53.5 Å². The number of hydrogen-bond acceptors (Lipinski definition) is 3. The molecule has 1 N–H and O–H groups in total. The predicted octanol–water partition coefficient (Wildman–Crippen LogP) is 4.00. The maximum Gasteiger partial charge on any atom is 0.135 e. The first-order chi connectivity index (χ1) is 10.0. The van der Waals surface area contributed by atoms with Gasteiger partial charge in [-0.15, -0.1) is 0 Å². The molecule has 0 saturated heterocycles. The van der Waals surface area contributed by atoms with Crippen molar-refractivity contribution in [2.75, 3.05) is 7.05 Å². The topological polar surface area (TPSA) is 45.5 Å². The van der Waals surface area contributed by atoms with E-state index in [1.807, 2.05) is 43.3 Å². The molecule has 1 heterocycles. The van der Waals surface area contributed by atoms with Crippen LogP contribution in [-0.4, -0.2) is 23.4 Å². The van der Waals surface area contributed by atoms with Crippen molar-refractivity contribution in [3.8, 4) is 11.3 Å². The van der Waals surface area contributed by atoms with Crippen molar-refractivity contribution in [1.82, 2.24) is 4.98 Å². The summed E-state index contributed by atoms with van der Waals surface area (Å²) < 4.78 is 0. The average Bonchev–Trinajstić information content (AvgIpc) is 2.49. The lowest BCUT2D eigenvalue weighted by molar-refractivity contribution is 0.222. The summed E-state index contributed by atoms with van der Waals surface area (Å²) in [5.74, 6) is 0. The van der Waals surface area contributed by atoms with Gasteiger partial charge >= 0.3 is 0 Å². The van der Waals surface area contributed by atoms with Crippen LogP contribution >= 0.6 is 11.6 Å². The van der Waals surface area contributed by atoms with Crippen LogP contribution in [0, 0.1) is 6.92 Å². The zero-order chi connectivity index (χ0) is 15.4. The van der Waals surface area contributed by atoms with E-state index in [1.165, 1.54) is 6.21 Å². The molecule has 0 aliphatic carbocycles. The summed E-state index contributed by atoms with van der Waals surface area (Å²) in [7, 11) is 1.63. The second-order valence-electron chi connectivity index (χ2n) is 4.76. The Kier molecular flexibility index (Phi) is 4.89. The summed E-state index contributed by atoms with van der Waals surface area (Å²) in [6, 6.07) is 11.7. The van der Waals surface area contributed by atoms with Crippen molar-refractivity contribution >= 4 is 17.8 Å². The number of aliphatic imine (C=N–C) groups is 1. The number of benzene rings is 1. The fourth-order valence-electron chi connectivity index (χ4n) is 2.13. The minimum atomic E-state index is -0.905. The maximum absolute atomic E-state index is 10.3. The number of pyridine rings is 1. The Morgan fingerprint density at radius 3 is 2.67 bits per heavy atom. The van der Waals surface area contributed by atoms with E-state index in [0.717, 1.165) is 16.8 Å². The molecule has 21 heavy (non-hydrogen) atoms. The Balaban J connectivity index is 2.45. The van der Waals surface area contributed by atoms with E-state index in [1.54, 1.807) is 7.05 Å². The van der Waals surface area contributed by atoms with E-state index in [2.05, 4.69) is 16.6 Å². The third-order valence-electron chi connectivity index (χ3n) is 3.18. The summed E-state index contributed by atoms with van der Waals surface area (Å²) in [6.45, 7) is 5.73. The number of aliphatic hydroxyl groups excluding tert-OH is 1. The molecule has 3 nitrogen and oxygen atoms in total. The smallest absolute Gasteiger partial charge is 0.135 e. The van der Waals surface area contributed by atoms with E-state index in [0.29, 0.717) is 11.1 Å². The molecular formula is C17H17ClN2O. The van der Waals surface area contributed by atoms with Gasteiger partial charge in [0.15, 0.2) is 0 Å². The first kappa shape index (κ1) is 15.4. The minimum Gasteiger partial charge on any atom is -0.384 e. The number of halogens is 1. The van der Waals surface area contributed by atoms with E-state index >= 15 is 0 Å². The first-order valence-corrected chi connectivity index (χ1v) is 6.94. The molecule has 4 heteroatoms. The van der Waals surface area contributed by atoms with Crippen LogP contribution in [0.25, 0.3) is 11.3 Å². The van der Waals surface area contributed by atoms with Crippen LogP contribution < -0.4 is 0 Å². The van der Waals surface area contributed by atoms with Crippen molar-refractivity contribution in [3.63, 3.8) is 0 Å². The molecule has 0 amide bonds. The quantitative estimate of drug-likeness (QED) is 0.685. The Bertz CT molecular complexity index is 681. The molecule has 0 fully saturated rings. The highest BCUT2D eigenvalue weighted by Gasteiger charge is 2.17. The Morgan fingerprint density at radius 2 is 2.05 bits per heavy atom. The number of aromatic nitrogens is 1. The standard InChI is InChI=1S/C17H17ClN2O/c1-11-9-14(16(21)12(2)10-19-3)17(18)20-15(11)13-7-5-4-6-8-13/h4-10,16,21H,2H2,1,3H3. The van der Waals surface area contributed by atoms with Gasteiger partial charge in [-0.05, 0) is 24.1 Å². The third kappa shape index (κ3) is 3.38. The molecule has 2 aromatic rings. The Hall–Kier alpha value is -1.97. The zero-order valence-electron chi connectivity index (χ0n) is 12.0. The molecule has 0 radical (unpaired) electrons. The van der Waals surface area contributed by atoms with Gasteiger partial charge in [-0.3, -0.25) is 4.99 Å². The van der Waals surface area contributed by atoms with E-state index in [9.17, 15) is 5.11 Å². The molecule has 0 bridgehead atoms. The number of rotatable bonds is 4. The van der Waals surface area contributed by atoms with Crippen molar-refractivity contribution in [1.29, 1.82) is 0 Å². The molecule has 1 unspecified atom stereocenters. The summed E-state index contributed by atoms with van der Waals surface area (Å²) in [5.41, 5.74) is 3.77. The van der Waals surface area contributed by atoms with Gasteiger partial charge in [-0.2, -0.15) is 0 Å². The van der Waals surface area contributed by atoms with Gasteiger partial charge in [-0.1, -0.05) is 48.5 Å². The van der Waals surface area contributed by atoms with Gasteiger partial charge in [-0.25, -0.2) is 4.98 Å². The molecule has 0 saturated carbocycles. The lowest BCUT2D eigenvalue weighted by atomic mass is 10.0. The van der Waals surface area contributed by atoms with Crippen LogP contribution in [0.2, 0.25) is 5.15 Å². The van der Waals surface area contributed by atoms with Gasteiger partial charge in [0.05, 0.1) is 5.69 Å². The fraction of sp³-hybridized carbons (Fsp3) is 0.176. The third-order valence-corrected chi connectivity index (χ3v) is 3.48. The van der Waals surface area contributed by atoms with Crippen molar-refractivity contribution in [2.45, 2.75) is 13.0 Å². The van der Waals surface area contributed by atoms with E-state index in [-0.39, 0.29) is 5.15 Å². The Labute approximate surface area is 129 Å². The molecule has 1 atom stereocenters. The highest BCUT2D eigenvalue weighted by molar-refractivity contribution is 6.30. The van der Waals surface area contributed by atoms with Gasteiger partial charge in [0, 0.05) is 24.4 Å². The van der Waals surface area contributed by atoms with Gasteiger partial charge < -0.3 is 5.11 Å². The Morgan fingerprint density at radius 1 is 1.38 bits per heavy atom. The van der Waals surface area contributed by atoms with Crippen LogP contribution in [0.4, 0.5) is 0 Å². The summed E-state index contributed by atoms with van der Waals surface area (Å²) >= 11 is 6.23. The van der Waals surface area contributed by atoms with Crippen LogP contribution in [0.1, 0.15) is 17.2 Å². The monoisotopic (exact) mass is 300 g/mol. The molecule has 0 spiro atoms. The van der Waals surface area contributed by atoms with Gasteiger partial charge in [0.25, 0.3) is 0 Å². The van der Waals surface area contributed by atoms with Crippen molar-refractivity contribution in [3.05, 3.63) is 64.8 Å². The molecular weight excluding hydrogens is 284 g/mol. The number of hydrogen-bond donors (Lipinski definition) is 1. The number of aryl methyl sites for hydroxylation is 1. The van der Waals surface area contributed by atoms with Gasteiger partial charge in [0.1, 0.15) is 11.3 Å². The van der Waals surface area contributed by atoms with E-state index in [4.69, 9.17) is 11.6 Å². The molecule has 1 aromatic heterocycles. The second-order valence-corrected chi connectivity index (χ2v) is 5.12. The summed E-state index contributed by atoms with van der Waals surface area (Å²) in [4.78, 5) is 8.28. The predicted molar refractivity (Wildman–Crippen MR) is 87.9 cm³/mol. The van der Waals surface area contributed by atoms with Gasteiger partial charge in [0.2, 0.25) is 0 Å². The summed E-state index contributed by atoms with van der Waals surface area (Å²) in [6.07, 6.45) is 0.610. The molecule has 0 aliphatic rings. The second kappa shape index (κ2) is 6.66. The van der Waals surface area contributed by atoms with Crippen LogP contribution in [0.3, 0.4) is 0 Å². The molecule has 108 valence electrons. The highest BCUT2D eigenvalue weighted by Crippen LogP contribution is 2.31. The normalized spacial score (nSPS) is 12.6. The average molecular weight is 301 g/mol. The molecule has 1 aromatic carbocycles. The van der Waals surface area contributed by atoms with E-state index < -0.39 is 6.10 Å². The SMILES string of the molecule is C=C(C=NC)C(O)c1cc(C)c(-c2ccccc2)nc1Cl. The largest absolute Gasteiger partial charge is 0.384 e. The lowest BCUT2D eigenvalue weighted by Crippen LogP contribution is -2.05. The van der Waals surface area contributed by atoms with Crippen LogP contribution in [0.5, 0.6) is 0 Å². The molecule has 2 rings (SSSR count).